The summed E-state index contributed by atoms with van der Waals surface area (Å²) < 4.78 is 0. The third-order valence-electron chi connectivity index (χ3n) is 5.71. The Labute approximate surface area is 119 Å². The van der Waals surface area contributed by atoms with Crippen molar-refractivity contribution in [2.45, 2.75) is 56.2 Å². The molecule has 1 aromatic carbocycles. The Morgan fingerprint density at radius 3 is 2.15 bits per heavy atom. The predicted octanol–water partition coefficient (Wildman–Crippen LogP) is 1.94. The molecule has 104 valence electrons. The van der Waals surface area contributed by atoms with Crippen molar-refractivity contribution in [2.75, 3.05) is 0 Å². The summed E-state index contributed by atoms with van der Waals surface area (Å²) in [5.74, 6) is 0. The molecule has 0 radical (unpaired) electrons. The number of rotatable bonds is 1. The number of fused-ring (bicyclic) bond motifs is 3. The zero-order valence-corrected chi connectivity index (χ0v) is 11.6. The molecule has 2 fully saturated rings. The molecule has 2 atom stereocenters. The summed E-state index contributed by atoms with van der Waals surface area (Å²) in [5, 5.41) is 24.7. The minimum Gasteiger partial charge on any atom is -0.388 e. The van der Waals surface area contributed by atoms with E-state index in [9.17, 15) is 10.4 Å². The zero-order chi connectivity index (χ0) is 13.8. The van der Waals surface area contributed by atoms with Crippen molar-refractivity contribution in [1.29, 1.82) is 5.26 Å². The van der Waals surface area contributed by atoms with Gasteiger partial charge in [-0.3, -0.25) is 0 Å². The van der Waals surface area contributed by atoms with E-state index in [2.05, 4.69) is 23.5 Å². The van der Waals surface area contributed by atoms with Gasteiger partial charge in [0.2, 0.25) is 0 Å². The Kier molecular flexibility index (Phi) is 2.52. The highest BCUT2D eigenvalue weighted by Crippen LogP contribution is 2.51. The molecule has 0 spiro atoms. The summed E-state index contributed by atoms with van der Waals surface area (Å²) in [6.07, 6.45) is 5.14. The number of nitrogens with one attached hydrogen (secondary N) is 1. The van der Waals surface area contributed by atoms with Gasteiger partial charge in [-0.25, -0.2) is 0 Å². The van der Waals surface area contributed by atoms with E-state index >= 15 is 0 Å². The molecule has 2 N–H and O–H groups in total. The molecule has 1 aromatic rings. The van der Waals surface area contributed by atoms with E-state index in [1.54, 1.807) is 0 Å². The van der Waals surface area contributed by atoms with Crippen LogP contribution in [0.3, 0.4) is 0 Å². The molecule has 2 aliphatic heterocycles. The van der Waals surface area contributed by atoms with Gasteiger partial charge in [0.15, 0.2) is 0 Å². The van der Waals surface area contributed by atoms with E-state index in [0.717, 1.165) is 25.7 Å². The van der Waals surface area contributed by atoms with Crippen molar-refractivity contribution in [3.8, 4) is 6.07 Å². The SMILES string of the molecule is N#CC1(C2(O)CC3CCC(C2)N3)Cc2ccccc2C1. The topological polar surface area (TPSA) is 56.0 Å². The number of piperidine rings is 1. The molecule has 2 heterocycles. The number of hydrogen-bond donors (Lipinski definition) is 2. The van der Waals surface area contributed by atoms with Crippen LogP contribution < -0.4 is 5.32 Å². The number of nitrogens with zero attached hydrogens (tertiary/aromatic N) is 1. The van der Waals surface area contributed by atoms with Crippen molar-refractivity contribution in [1.82, 2.24) is 5.32 Å². The molecule has 3 heteroatoms. The van der Waals surface area contributed by atoms with E-state index in [-0.39, 0.29) is 0 Å². The molecular weight excluding hydrogens is 248 g/mol. The van der Waals surface area contributed by atoms with Gasteiger partial charge in [-0.15, -0.1) is 0 Å². The van der Waals surface area contributed by atoms with Gasteiger partial charge in [0, 0.05) is 12.1 Å². The van der Waals surface area contributed by atoms with Gasteiger partial charge >= 0.3 is 0 Å². The molecule has 3 aliphatic rings. The van der Waals surface area contributed by atoms with Gasteiger partial charge in [0.1, 0.15) is 0 Å². The van der Waals surface area contributed by atoms with Crippen LogP contribution in [-0.2, 0) is 12.8 Å². The van der Waals surface area contributed by atoms with E-state index in [4.69, 9.17) is 0 Å². The predicted molar refractivity (Wildman–Crippen MR) is 76.0 cm³/mol. The molecule has 2 unspecified atom stereocenters. The first-order valence-corrected chi connectivity index (χ1v) is 7.61. The smallest absolute Gasteiger partial charge is 0.0941 e. The molecular formula is C17H20N2O. The highest BCUT2D eigenvalue weighted by Gasteiger charge is 2.57. The van der Waals surface area contributed by atoms with Gasteiger partial charge in [0.05, 0.1) is 17.1 Å². The highest BCUT2D eigenvalue weighted by atomic mass is 16.3. The summed E-state index contributed by atoms with van der Waals surface area (Å²) in [6.45, 7) is 0. The van der Waals surface area contributed by atoms with Crippen molar-refractivity contribution in [2.24, 2.45) is 5.41 Å². The van der Waals surface area contributed by atoms with E-state index in [0.29, 0.717) is 24.9 Å². The second kappa shape index (κ2) is 4.07. The maximum absolute atomic E-state index is 11.3. The van der Waals surface area contributed by atoms with Crippen LogP contribution in [-0.4, -0.2) is 22.8 Å². The van der Waals surface area contributed by atoms with Crippen molar-refractivity contribution < 1.29 is 5.11 Å². The Bertz CT molecular complexity index is 552. The summed E-state index contributed by atoms with van der Waals surface area (Å²) in [7, 11) is 0. The van der Waals surface area contributed by atoms with Crippen LogP contribution in [0, 0.1) is 16.7 Å². The molecule has 0 saturated carbocycles. The summed E-state index contributed by atoms with van der Waals surface area (Å²) in [5.41, 5.74) is 1.03. The minimum atomic E-state index is -0.835. The summed E-state index contributed by atoms with van der Waals surface area (Å²) >= 11 is 0. The summed E-state index contributed by atoms with van der Waals surface area (Å²) in [6, 6.07) is 11.6. The Morgan fingerprint density at radius 1 is 1.10 bits per heavy atom. The first-order valence-electron chi connectivity index (χ1n) is 7.61. The lowest BCUT2D eigenvalue weighted by Gasteiger charge is -2.46. The molecule has 4 rings (SSSR count). The first-order chi connectivity index (χ1) is 9.64. The average molecular weight is 268 g/mol. The van der Waals surface area contributed by atoms with Crippen LogP contribution in [0.2, 0.25) is 0 Å². The third-order valence-corrected chi connectivity index (χ3v) is 5.71. The standard InChI is InChI=1S/C17H20N2O/c18-11-16(7-12-3-1-2-4-13(12)8-16)17(20)9-14-5-6-15(10-17)19-14/h1-4,14-15,19-20H,5-10H2. The Balaban J connectivity index is 1.72. The van der Waals surface area contributed by atoms with Crippen molar-refractivity contribution >= 4 is 0 Å². The lowest BCUT2D eigenvalue weighted by molar-refractivity contribution is -0.0859. The van der Waals surface area contributed by atoms with E-state index in [1.807, 2.05) is 12.1 Å². The largest absolute Gasteiger partial charge is 0.388 e. The fraction of sp³-hybridized carbons (Fsp3) is 0.588. The van der Waals surface area contributed by atoms with Crippen LogP contribution in [0.4, 0.5) is 0 Å². The molecule has 3 nitrogen and oxygen atoms in total. The zero-order valence-electron chi connectivity index (χ0n) is 11.6. The van der Waals surface area contributed by atoms with Gasteiger partial charge in [-0.05, 0) is 49.7 Å². The van der Waals surface area contributed by atoms with Crippen LogP contribution >= 0.6 is 0 Å². The summed E-state index contributed by atoms with van der Waals surface area (Å²) in [4.78, 5) is 0. The lowest BCUT2D eigenvalue weighted by atomic mass is 9.65. The van der Waals surface area contributed by atoms with Gasteiger partial charge < -0.3 is 10.4 Å². The van der Waals surface area contributed by atoms with E-state index < -0.39 is 11.0 Å². The normalized spacial score (nSPS) is 37.4. The monoisotopic (exact) mass is 268 g/mol. The Morgan fingerprint density at radius 2 is 1.65 bits per heavy atom. The maximum atomic E-state index is 11.3. The second-order valence-electron chi connectivity index (χ2n) is 6.89. The molecule has 0 aromatic heterocycles. The van der Waals surface area contributed by atoms with Gasteiger partial charge in [-0.1, -0.05) is 24.3 Å². The van der Waals surface area contributed by atoms with Crippen LogP contribution in [0.5, 0.6) is 0 Å². The number of nitriles is 1. The van der Waals surface area contributed by atoms with Crippen LogP contribution in [0.25, 0.3) is 0 Å². The maximum Gasteiger partial charge on any atom is 0.0941 e. The number of aliphatic hydroxyl groups is 1. The second-order valence-corrected chi connectivity index (χ2v) is 6.89. The third kappa shape index (κ3) is 1.58. The molecule has 2 bridgehead atoms. The highest BCUT2D eigenvalue weighted by molar-refractivity contribution is 5.39. The molecule has 1 aliphatic carbocycles. The first kappa shape index (κ1) is 12.4. The van der Waals surface area contributed by atoms with Crippen molar-refractivity contribution in [3.63, 3.8) is 0 Å². The van der Waals surface area contributed by atoms with Crippen LogP contribution in [0.1, 0.15) is 36.8 Å². The minimum absolute atomic E-state index is 0.396. The van der Waals surface area contributed by atoms with Crippen LogP contribution in [0.15, 0.2) is 24.3 Å². The fourth-order valence-electron chi connectivity index (χ4n) is 4.64. The van der Waals surface area contributed by atoms with E-state index in [1.165, 1.54) is 11.1 Å². The van der Waals surface area contributed by atoms with Gasteiger partial charge in [-0.2, -0.15) is 5.26 Å². The fourth-order valence-corrected chi connectivity index (χ4v) is 4.64. The molecule has 2 saturated heterocycles. The number of hydrogen-bond acceptors (Lipinski definition) is 3. The molecule has 0 amide bonds. The van der Waals surface area contributed by atoms with Crippen molar-refractivity contribution in [3.05, 3.63) is 35.4 Å². The quantitative estimate of drug-likeness (QED) is 0.818. The Hall–Kier alpha value is -1.37. The van der Waals surface area contributed by atoms with Gasteiger partial charge in [0.25, 0.3) is 0 Å². The average Bonchev–Trinajstić information content (AvgIpc) is 3.00. The molecule has 20 heavy (non-hydrogen) atoms. The lowest BCUT2D eigenvalue weighted by Crippen LogP contribution is -2.57. The number of benzene rings is 1.